The Morgan fingerprint density at radius 3 is 2.67 bits per heavy atom. The molecule has 1 aromatic carbocycles. The fourth-order valence-electron chi connectivity index (χ4n) is 1.03. The standard InChI is InChI=1S/C10H9NO/c1-2-4-9(5-3-1)8-10-11-6-7-12-10/h1-8,11H. The fraction of sp³-hybridized carbons (Fsp3) is 0. The summed E-state index contributed by atoms with van der Waals surface area (Å²) >= 11 is 0. The van der Waals surface area contributed by atoms with Crippen LogP contribution < -0.4 is 5.32 Å². The number of nitrogens with one attached hydrogen (secondary N) is 1. The zero-order valence-electron chi connectivity index (χ0n) is 6.53. The summed E-state index contributed by atoms with van der Waals surface area (Å²) in [6, 6.07) is 10.0. The van der Waals surface area contributed by atoms with Crippen molar-refractivity contribution in [2.24, 2.45) is 0 Å². The van der Waals surface area contributed by atoms with Crippen molar-refractivity contribution >= 4 is 6.08 Å². The van der Waals surface area contributed by atoms with Crippen molar-refractivity contribution in [3.63, 3.8) is 0 Å². The van der Waals surface area contributed by atoms with E-state index in [9.17, 15) is 0 Å². The van der Waals surface area contributed by atoms with Gasteiger partial charge in [0.25, 0.3) is 0 Å². The van der Waals surface area contributed by atoms with Crippen LogP contribution in [-0.2, 0) is 4.74 Å². The van der Waals surface area contributed by atoms with Crippen LogP contribution in [-0.4, -0.2) is 0 Å². The molecule has 0 amide bonds. The van der Waals surface area contributed by atoms with Gasteiger partial charge in [-0.05, 0) is 5.56 Å². The van der Waals surface area contributed by atoms with Crippen LogP contribution in [0.5, 0.6) is 0 Å². The lowest BCUT2D eigenvalue weighted by Crippen LogP contribution is -1.97. The summed E-state index contributed by atoms with van der Waals surface area (Å²) in [5, 5.41) is 2.96. The van der Waals surface area contributed by atoms with Gasteiger partial charge in [0.05, 0.1) is 0 Å². The van der Waals surface area contributed by atoms with E-state index in [-0.39, 0.29) is 0 Å². The second kappa shape index (κ2) is 3.13. The molecule has 60 valence electrons. The number of hydrogen-bond acceptors (Lipinski definition) is 2. The van der Waals surface area contributed by atoms with E-state index in [4.69, 9.17) is 4.74 Å². The minimum Gasteiger partial charge on any atom is -0.447 e. The molecule has 2 heteroatoms. The SMILES string of the molecule is C1=COC(=Cc2ccccc2)N1. The van der Waals surface area contributed by atoms with E-state index in [1.54, 1.807) is 12.5 Å². The van der Waals surface area contributed by atoms with Gasteiger partial charge in [-0.1, -0.05) is 30.3 Å². The van der Waals surface area contributed by atoms with Gasteiger partial charge in [0.15, 0.2) is 5.88 Å². The predicted molar refractivity (Wildman–Crippen MR) is 47.8 cm³/mol. The molecule has 0 radical (unpaired) electrons. The van der Waals surface area contributed by atoms with Crippen molar-refractivity contribution in [3.05, 3.63) is 54.2 Å². The molecule has 0 bridgehead atoms. The maximum atomic E-state index is 5.13. The third kappa shape index (κ3) is 1.48. The maximum absolute atomic E-state index is 5.13. The fourth-order valence-corrected chi connectivity index (χ4v) is 1.03. The van der Waals surface area contributed by atoms with Crippen LogP contribution in [0.2, 0.25) is 0 Å². The molecule has 0 spiro atoms. The zero-order valence-corrected chi connectivity index (χ0v) is 6.53. The van der Waals surface area contributed by atoms with Crippen LogP contribution in [0.3, 0.4) is 0 Å². The van der Waals surface area contributed by atoms with Crippen molar-refractivity contribution in [3.8, 4) is 0 Å². The molecule has 0 aromatic heterocycles. The molecule has 1 aliphatic rings. The number of rotatable bonds is 1. The number of benzene rings is 1. The highest BCUT2D eigenvalue weighted by atomic mass is 16.5. The van der Waals surface area contributed by atoms with Crippen molar-refractivity contribution in [2.75, 3.05) is 0 Å². The van der Waals surface area contributed by atoms with Gasteiger partial charge in [-0.25, -0.2) is 0 Å². The highest BCUT2D eigenvalue weighted by Gasteiger charge is 1.98. The Morgan fingerprint density at radius 1 is 1.17 bits per heavy atom. The van der Waals surface area contributed by atoms with Gasteiger partial charge in [0, 0.05) is 12.3 Å². The van der Waals surface area contributed by atoms with Gasteiger partial charge >= 0.3 is 0 Å². The average molecular weight is 159 g/mol. The lowest BCUT2D eigenvalue weighted by atomic mass is 10.2. The normalized spacial score (nSPS) is 17.5. The molecule has 12 heavy (non-hydrogen) atoms. The predicted octanol–water partition coefficient (Wildman–Crippen LogP) is 2.08. The molecule has 2 nitrogen and oxygen atoms in total. The first-order valence-corrected chi connectivity index (χ1v) is 3.80. The first-order valence-electron chi connectivity index (χ1n) is 3.80. The lowest BCUT2D eigenvalue weighted by molar-refractivity contribution is 0.362. The minimum atomic E-state index is 0.765. The molecule has 0 saturated carbocycles. The Hall–Kier alpha value is -1.70. The highest BCUT2D eigenvalue weighted by molar-refractivity contribution is 5.51. The van der Waals surface area contributed by atoms with E-state index >= 15 is 0 Å². The molecule has 0 atom stereocenters. The van der Waals surface area contributed by atoms with E-state index < -0.39 is 0 Å². The Kier molecular flexibility index (Phi) is 1.82. The van der Waals surface area contributed by atoms with Crippen LogP contribution in [0, 0.1) is 0 Å². The van der Waals surface area contributed by atoms with Crippen molar-refractivity contribution in [2.45, 2.75) is 0 Å². The molecule has 1 heterocycles. The molecule has 1 aromatic rings. The zero-order chi connectivity index (χ0) is 8.23. The second-order valence-electron chi connectivity index (χ2n) is 2.48. The van der Waals surface area contributed by atoms with Crippen molar-refractivity contribution in [1.82, 2.24) is 5.32 Å². The van der Waals surface area contributed by atoms with E-state index in [1.165, 1.54) is 0 Å². The third-order valence-corrected chi connectivity index (χ3v) is 1.59. The van der Waals surface area contributed by atoms with Crippen LogP contribution >= 0.6 is 0 Å². The van der Waals surface area contributed by atoms with E-state index in [0.29, 0.717) is 0 Å². The van der Waals surface area contributed by atoms with Gasteiger partial charge in [-0.3, -0.25) is 0 Å². The smallest absolute Gasteiger partial charge is 0.197 e. The summed E-state index contributed by atoms with van der Waals surface area (Å²) < 4.78 is 5.13. The van der Waals surface area contributed by atoms with Crippen LogP contribution in [0.25, 0.3) is 6.08 Å². The first-order chi connectivity index (χ1) is 5.95. The topological polar surface area (TPSA) is 21.3 Å². The lowest BCUT2D eigenvalue weighted by Gasteiger charge is -1.97. The van der Waals surface area contributed by atoms with Gasteiger partial charge in [0.2, 0.25) is 0 Å². The summed E-state index contributed by atoms with van der Waals surface area (Å²) in [5.41, 5.74) is 1.13. The van der Waals surface area contributed by atoms with Gasteiger partial charge < -0.3 is 10.1 Å². The summed E-state index contributed by atoms with van der Waals surface area (Å²) in [6.07, 6.45) is 5.32. The summed E-state index contributed by atoms with van der Waals surface area (Å²) in [7, 11) is 0. The quantitative estimate of drug-likeness (QED) is 0.677. The van der Waals surface area contributed by atoms with Gasteiger partial charge in [0.1, 0.15) is 6.26 Å². The molecule has 0 unspecified atom stereocenters. The molecular weight excluding hydrogens is 150 g/mol. The van der Waals surface area contributed by atoms with Gasteiger partial charge in [-0.2, -0.15) is 0 Å². The molecule has 2 rings (SSSR count). The van der Waals surface area contributed by atoms with Crippen molar-refractivity contribution < 1.29 is 4.74 Å². The molecular formula is C10H9NO. The van der Waals surface area contributed by atoms with E-state index in [1.807, 2.05) is 36.4 Å². The average Bonchev–Trinajstić information content (AvgIpc) is 2.59. The Morgan fingerprint density at radius 2 is 2.00 bits per heavy atom. The van der Waals surface area contributed by atoms with Crippen molar-refractivity contribution in [1.29, 1.82) is 0 Å². The Balaban J connectivity index is 2.17. The Labute approximate surface area is 71.2 Å². The first kappa shape index (κ1) is 6.98. The molecule has 1 aliphatic heterocycles. The summed E-state index contributed by atoms with van der Waals surface area (Å²) in [5.74, 6) is 0.765. The third-order valence-electron chi connectivity index (χ3n) is 1.59. The van der Waals surface area contributed by atoms with Crippen LogP contribution in [0.1, 0.15) is 5.56 Å². The number of hydrogen-bond donors (Lipinski definition) is 1. The van der Waals surface area contributed by atoms with Crippen LogP contribution in [0.15, 0.2) is 48.7 Å². The summed E-state index contributed by atoms with van der Waals surface area (Å²) in [4.78, 5) is 0. The minimum absolute atomic E-state index is 0.765. The van der Waals surface area contributed by atoms with E-state index in [0.717, 1.165) is 11.4 Å². The maximum Gasteiger partial charge on any atom is 0.197 e. The number of ether oxygens (including phenoxy) is 1. The molecule has 0 saturated heterocycles. The molecule has 1 N–H and O–H groups in total. The monoisotopic (exact) mass is 159 g/mol. The molecule has 0 aliphatic carbocycles. The molecule has 0 fully saturated rings. The highest BCUT2D eigenvalue weighted by Crippen LogP contribution is 2.08. The van der Waals surface area contributed by atoms with Crippen LogP contribution in [0.4, 0.5) is 0 Å². The van der Waals surface area contributed by atoms with Gasteiger partial charge in [-0.15, -0.1) is 0 Å². The largest absolute Gasteiger partial charge is 0.447 e. The summed E-state index contributed by atoms with van der Waals surface area (Å²) in [6.45, 7) is 0. The van der Waals surface area contributed by atoms with E-state index in [2.05, 4.69) is 5.32 Å². The second-order valence-corrected chi connectivity index (χ2v) is 2.48. The Bertz CT molecular complexity index is 304.